The van der Waals surface area contributed by atoms with Crippen LogP contribution in [0.2, 0.25) is 0 Å². The normalized spacial score (nSPS) is 17.2. The molecule has 1 aliphatic heterocycles. The molecule has 2 aromatic rings. The van der Waals surface area contributed by atoms with Gasteiger partial charge in [0.1, 0.15) is 5.37 Å². The smallest absolute Gasteiger partial charge is 0.289 e. The van der Waals surface area contributed by atoms with Gasteiger partial charge in [0.05, 0.1) is 12.0 Å². The summed E-state index contributed by atoms with van der Waals surface area (Å²) in [4.78, 5) is 28.7. The largest absolute Gasteiger partial charge is 0.459 e. The number of carbonyl (C=O) groups excluding carboxylic acids is 2. The van der Waals surface area contributed by atoms with Crippen LogP contribution in [0.3, 0.4) is 0 Å². The second kappa shape index (κ2) is 7.99. The second-order valence-electron chi connectivity index (χ2n) is 6.73. The van der Waals surface area contributed by atoms with Crippen molar-refractivity contribution in [1.29, 1.82) is 0 Å². The van der Waals surface area contributed by atoms with Crippen molar-refractivity contribution in [1.82, 2.24) is 9.80 Å². The Kier molecular flexibility index (Phi) is 5.71. The van der Waals surface area contributed by atoms with Crippen LogP contribution >= 0.6 is 11.8 Å². The monoisotopic (exact) mass is 372 g/mol. The van der Waals surface area contributed by atoms with E-state index in [1.54, 1.807) is 28.8 Å². The zero-order chi connectivity index (χ0) is 18.7. The van der Waals surface area contributed by atoms with Gasteiger partial charge in [0.25, 0.3) is 5.91 Å². The van der Waals surface area contributed by atoms with Gasteiger partial charge < -0.3 is 14.2 Å². The first kappa shape index (κ1) is 18.6. The lowest BCUT2D eigenvalue weighted by atomic mass is 10.1. The number of hydrogen-bond donors (Lipinski definition) is 0. The summed E-state index contributed by atoms with van der Waals surface area (Å²) in [6.07, 6.45) is 1.50. The number of amides is 2. The summed E-state index contributed by atoms with van der Waals surface area (Å²) in [5.41, 5.74) is 2.32. The third-order valence-electron chi connectivity index (χ3n) is 4.53. The Morgan fingerprint density at radius 2 is 2.04 bits per heavy atom. The minimum atomic E-state index is -0.142. The Labute approximate surface area is 158 Å². The summed E-state index contributed by atoms with van der Waals surface area (Å²) < 4.78 is 5.25. The van der Waals surface area contributed by atoms with Crippen molar-refractivity contribution in [3.63, 3.8) is 0 Å². The topological polar surface area (TPSA) is 53.8 Å². The molecule has 1 aromatic heterocycles. The molecule has 0 saturated carbocycles. The molecule has 0 radical (unpaired) electrons. The fourth-order valence-corrected chi connectivity index (χ4v) is 4.27. The number of aryl methyl sites for hydroxylation is 1. The Bertz CT molecular complexity index is 756. The number of rotatable bonds is 6. The average Bonchev–Trinajstić information content (AvgIpc) is 3.26. The first-order chi connectivity index (χ1) is 12.5. The number of carbonyl (C=O) groups is 2. The van der Waals surface area contributed by atoms with E-state index in [2.05, 4.69) is 31.2 Å². The third-order valence-corrected chi connectivity index (χ3v) is 5.78. The van der Waals surface area contributed by atoms with E-state index in [9.17, 15) is 9.59 Å². The van der Waals surface area contributed by atoms with E-state index in [-0.39, 0.29) is 23.2 Å². The number of nitrogens with zero attached hydrogens (tertiary/aromatic N) is 2. The standard InChI is InChI=1S/C20H24N2O3S/c1-14(2)21(19(24)17-5-4-12-25-17)10-11-22-18(23)13-26-20(22)16-8-6-15(3)7-9-16/h4-9,12,14,20H,10-11,13H2,1-3H3/t20-/m1/s1. The van der Waals surface area contributed by atoms with Crippen LogP contribution in [0.15, 0.2) is 47.1 Å². The van der Waals surface area contributed by atoms with E-state index in [1.807, 2.05) is 18.7 Å². The Hall–Kier alpha value is -2.21. The lowest BCUT2D eigenvalue weighted by Crippen LogP contribution is -2.43. The molecule has 1 aromatic carbocycles. The van der Waals surface area contributed by atoms with Crippen molar-refractivity contribution in [2.45, 2.75) is 32.2 Å². The van der Waals surface area contributed by atoms with Gasteiger partial charge in [0, 0.05) is 19.1 Å². The highest BCUT2D eigenvalue weighted by atomic mass is 32.2. The maximum atomic E-state index is 12.6. The number of furan rings is 1. The molecule has 0 bridgehead atoms. The summed E-state index contributed by atoms with van der Waals surface area (Å²) in [5.74, 6) is 0.786. The van der Waals surface area contributed by atoms with Crippen LogP contribution in [-0.4, -0.2) is 46.5 Å². The van der Waals surface area contributed by atoms with E-state index in [4.69, 9.17) is 4.42 Å². The van der Waals surface area contributed by atoms with Crippen molar-refractivity contribution in [3.05, 3.63) is 59.5 Å². The molecule has 3 rings (SSSR count). The van der Waals surface area contributed by atoms with Crippen molar-refractivity contribution < 1.29 is 14.0 Å². The van der Waals surface area contributed by atoms with Crippen LogP contribution in [0, 0.1) is 6.92 Å². The number of benzene rings is 1. The van der Waals surface area contributed by atoms with E-state index >= 15 is 0 Å². The number of thioether (sulfide) groups is 1. The summed E-state index contributed by atoms with van der Waals surface area (Å²) >= 11 is 1.64. The quantitative estimate of drug-likeness (QED) is 0.776. The van der Waals surface area contributed by atoms with Crippen LogP contribution < -0.4 is 0 Å². The molecule has 6 heteroatoms. The lowest BCUT2D eigenvalue weighted by Gasteiger charge is -2.30. The predicted octanol–water partition coefficient (Wildman–Crippen LogP) is 3.71. The molecule has 1 fully saturated rings. The van der Waals surface area contributed by atoms with Crippen molar-refractivity contribution in [2.75, 3.05) is 18.8 Å². The van der Waals surface area contributed by atoms with E-state index in [0.29, 0.717) is 24.6 Å². The van der Waals surface area contributed by atoms with Gasteiger partial charge in [-0.2, -0.15) is 0 Å². The van der Waals surface area contributed by atoms with E-state index < -0.39 is 0 Å². The molecule has 1 saturated heterocycles. The highest BCUT2D eigenvalue weighted by Crippen LogP contribution is 2.38. The van der Waals surface area contributed by atoms with Crippen molar-refractivity contribution in [2.24, 2.45) is 0 Å². The lowest BCUT2D eigenvalue weighted by molar-refractivity contribution is -0.128. The highest BCUT2D eigenvalue weighted by Gasteiger charge is 2.33. The summed E-state index contributed by atoms with van der Waals surface area (Å²) in [7, 11) is 0. The summed E-state index contributed by atoms with van der Waals surface area (Å²) in [6.45, 7) is 6.98. The molecular weight excluding hydrogens is 348 g/mol. The Morgan fingerprint density at radius 3 is 2.65 bits per heavy atom. The fourth-order valence-electron chi connectivity index (χ4n) is 3.05. The van der Waals surface area contributed by atoms with Gasteiger partial charge in [-0.05, 0) is 38.5 Å². The van der Waals surface area contributed by atoms with Crippen LogP contribution in [-0.2, 0) is 4.79 Å². The molecule has 138 valence electrons. The van der Waals surface area contributed by atoms with Gasteiger partial charge >= 0.3 is 0 Å². The molecule has 0 unspecified atom stereocenters. The zero-order valence-electron chi connectivity index (χ0n) is 15.3. The SMILES string of the molecule is Cc1ccc([C@H]2SCC(=O)N2CCN(C(=O)c2ccco2)C(C)C)cc1. The van der Waals surface area contributed by atoms with Gasteiger partial charge in [0.15, 0.2) is 5.76 Å². The first-order valence-corrected chi connectivity index (χ1v) is 9.84. The van der Waals surface area contributed by atoms with Gasteiger partial charge in [-0.15, -0.1) is 11.8 Å². The molecule has 26 heavy (non-hydrogen) atoms. The third kappa shape index (κ3) is 3.96. The Balaban J connectivity index is 1.71. The minimum absolute atomic E-state index is 0.0100. The molecule has 1 aliphatic rings. The van der Waals surface area contributed by atoms with Crippen LogP contribution in [0.1, 0.15) is 40.9 Å². The second-order valence-corrected chi connectivity index (χ2v) is 7.80. The number of hydrogen-bond acceptors (Lipinski definition) is 4. The molecule has 5 nitrogen and oxygen atoms in total. The van der Waals surface area contributed by atoms with Gasteiger partial charge in [-0.25, -0.2) is 0 Å². The molecule has 2 heterocycles. The van der Waals surface area contributed by atoms with Gasteiger partial charge in [-0.3, -0.25) is 9.59 Å². The van der Waals surface area contributed by atoms with Crippen molar-refractivity contribution in [3.8, 4) is 0 Å². The van der Waals surface area contributed by atoms with Gasteiger partial charge in [-0.1, -0.05) is 29.8 Å². The fraction of sp³-hybridized carbons (Fsp3) is 0.400. The maximum absolute atomic E-state index is 12.6. The van der Waals surface area contributed by atoms with Crippen molar-refractivity contribution >= 4 is 23.6 Å². The van der Waals surface area contributed by atoms with Crippen LogP contribution in [0.4, 0.5) is 0 Å². The predicted molar refractivity (Wildman–Crippen MR) is 103 cm³/mol. The summed E-state index contributed by atoms with van der Waals surface area (Å²) in [5, 5.41) is 0.0100. The van der Waals surface area contributed by atoms with Crippen LogP contribution in [0.25, 0.3) is 0 Å². The van der Waals surface area contributed by atoms with E-state index in [1.165, 1.54) is 11.8 Å². The van der Waals surface area contributed by atoms with Crippen LogP contribution in [0.5, 0.6) is 0 Å². The highest BCUT2D eigenvalue weighted by molar-refractivity contribution is 8.00. The van der Waals surface area contributed by atoms with Gasteiger partial charge in [0.2, 0.25) is 5.91 Å². The molecule has 0 N–H and O–H groups in total. The molecular formula is C20H24N2O3S. The first-order valence-electron chi connectivity index (χ1n) is 8.79. The summed E-state index contributed by atoms with van der Waals surface area (Å²) in [6, 6.07) is 11.7. The Morgan fingerprint density at radius 1 is 1.31 bits per heavy atom. The molecule has 0 spiro atoms. The average molecular weight is 372 g/mol. The molecule has 1 atom stereocenters. The maximum Gasteiger partial charge on any atom is 0.289 e. The minimum Gasteiger partial charge on any atom is -0.459 e. The molecule has 0 aliphatic carbocycles. The van der Waals surface area contributed by atoms with E-state index in [0.717, 1.165) is 5.56 Å². The zero-order valence-corrected chi connectivity index (χ0v) is 16.2. The molecule has 2 amide bonds.